The van der Waals surface area contributed by atoms with E-state index in [1.165, 1.54) is 18.6 Å². The van der Waals surface area contributed by atoms with Gasteiger partial charge in [-0.3, -0.25) is 9.59 Å². The molecule has 1 amide bonds. The van der Waals surface area contributed by atoms with E-state index in [-0.39, 0.29) is 17.1 Å². The Bertz CT molecular complexity index is 756. The summed E-state index contributed by atoms with van der Waals surface area (Å²) in [5.74, 6) is -0.377. The molecule has 2 aromatic rings. The van der Waals surface area contributed by atoms with Gasteiger partial charge in [-0.25, -0.2) is 0 Å². The van der Waals surface area contributed by atoms with Crippen molar-refractivity contribution < 1.29 is 9.59 Å². The molecule has 0 aliphatic rings. The van der Waals surface area contributed by atoms with Gasteiger partial charge in [0.2, 0.25) is 0 Å². The van der Waals surface area contributed by atoms with Crippen molar-refractivity contribution >= 4 is 17.4 Å². The highest BCUT2D eigenvalue weighted by Gasteiger charge is 2.13. The second-order valence-corrected chi connectivity index (χ2v) is 6.99. The lowest BCUT2D eigenvalue weighted by Gasteiger charge is -2.19. The van der Waals surface area contributed by atoms with Gasteiger partial charge in [0.05, 0.1) is 0 Å². The lowest BCUT2D eigenvalue weighted by molar-refractivity contribution is 0.0951. The maximum absolute atomic E-state index is 12.3. The van der Waals surface area contributed by atoms with Crippen LogP contribution in [0.3, 0.4) is 0 Å². The van der Waals surface area contributed by atoms with E-state index < -0.39 is 0 Å². The van der Waals surface area contributed by atoms with Gasteiger partial charge in [-0.15, -0.1) is 0 Å². The zero-order valence-corrected chi connectivity index (χ0v) is 14.6. The van der Waals surface area contributed by atoms with E-state index in [4.69, 9.17) is 5.73 Å². The summed E-state index contributed by atoms with van der Waals surface area (Å²) >= 11 is 0. The summed E-state index contributed by atoms with van der Waals surface area (Å²) in [6.45, 7) is 8.36. The molecule has 4 heteroatoms. The Morgan fingerprint density at radius 2 is 1.67 bits per heavy atom. The molecule has 0 bridgehead atoms. The molecule has 126 valence electrons. The summed E-state index contributed by atoms with van der Waals surface area (Å²) in [7, 11) is 0. The number of hydrogen-bond donors (Lipinski definition) is 2. The van der Waals surface area contributed by atoms with Crippen molar-refractivity contribution in [3.05, 3.63) is 64.7 Å². The first-order valence-electron chi connectivity index (χ1n) is 7.96. The van der Waals surface area contributed by atoms with Gasteiger partial charge >= 0.3 is 0 Å². The number of rotatable bonds is 4. The molecule has 0 saturated carbocycles. The van der Waals surface area contributed by atoms with E-state index in [0.717, 1.165) is 5.56 Å². The summed E-state index contributed by atoms with van der Waals surface area (Å²) in [5, 5.41) is 2.87. The molecule has 0 aliphatic heterocycles. The molecule has 0 atom stereocenters. The van der Waals surface area contributed by atoms with Crippen molar-refractivity contribution in [1.82, 2.24) is 5.32 Å². The molecule has 4 nitrogen and oxygen atoms in total. The number of carbonyl (C=O) groups is 2. The number of nitrogens with one attached hydrogen (secondary N) is 1. The summed E-state index contributed by atoms with van der Waals surface area (Å²) in [6, 6.07) is 13.0. The summed E-state index contributed by atoms with van der Waals surface area (Å²) in [4.78, 5) is 23.8. The van der Waals surface area contributed by atoms with Crippen molar-refractivity contribution in [2.24, 2.45) is 0 Å². The Morgan fingerprint density at radius 3 is 2.21 bits per heavy atom. The molecule has 2 rings (SSSR count). The third-order valence-electron chi connectivity index (χ3n) is 3.97. The second kappa shape index (κ2) is 6.87. The van der Waals surface area contributed by atoms with E-state index in [1.54, 1.807) is 12.1 Å². The van der Waals surface area contributed by atoms with Crippen molar-refractivity contribution in [3.8, 4) is 0 Å². The lowest BCUT2D eigenvalue weighted by Crippen LogP contribution is -2.23. The molecule has 0 saturated heterocycles. The summed E-state index contributed by atoms with van der Waals surface area (Å²) in [6.07, 6.45) is 0. The van der Waals surface area contributed by atoms with Gasteiger partial charge in [0, 0.05) is 23.4 Å². The molecule has 0 aromatic heterocycles. The van der Waals surface area contributed by atoms with Crippen LogP contribution in [0.15, 0.2) is 42.5 Å². The molecule has 0 heterocycles. The third-order valence-corrected chi connectivity index (χ3v) is 3.97. The van der Waals surface area contributed by atoms with E-state index in [2.05, 4.69) is 38.2 Å². The van der Waals surface area contributed by atoms with Gasteiger partial charge < -0.3 is 11.1 Å². The van der Waals surface area contributed by atoms with Gasteiger partial charge in [-0.2, -0.15) is 0 Å². The molecule has 0 spiro atoms. The first kappa shape index (κ1) is 17.7. The lowest BCUT2D eigenvalue weighted by atomic mass is 9.87. The Labute approximate surface area is 143 Å². The molecule has 0 aliphatic carbocycles. The Hall–Kier alpha value is -2.62. The average molecular weight is 324 g/mol. The Kier molecular flexibility index (Phi) is 5.07. The molecule has 24 heavy (non-hydrogen) atoms. The van der Waals surface area contributed by atoms with Crippen molar-refractivity contribution in [3.63, 3.8) is 0 Å². The van der Waals surface area contributed by atoms with Crippen LogP contribution in [0.2, 0.25) is 0 Å². The largest absolute Gasteiger partial charge is 0.398 e. The van der Waals surface area contributed by atoms with Crippen molar-refractivity contribution in [2.45, 2.75) is 39.7 Å². The number of amides is 1. The fraction of sp³-hybridized carbons (Fsp3) is 0.300. The van der Waals surface area contributed by atoms with Crippen molar-refractivity contribution in [2.75, 3.05) is 5.73 Å². The smallest absolute Gasteiger partial charge is 0.251 e. The topological polar surface area (TPSA) is 72.2 Å². The first-order chi connectivity index (χ1) is 11.2. The summed E-state index contributed by atoms with van der Waals surface area (Å²) < 4.78 is 0. The van der Waals surface area contributed by atoms with E-state index >= 15 is 0 Å². The van der Waals surface area contributed by atoms with Crippen LogP contribution in [0.5, 0.6) is 0 Å². The quantitative estimate of drug-likeness (QED) is 0.665. The minimum Gasteiger partial charge on any atom is -0.398 e. The number of nitrogens with two attached hydrogens (primary N) is 1. The molecule has 0 radical (unpaired) electrons. The fourth-order valence-corrected chi connectivity index (χ4v) is 2.41. The van der Waals surface area contributed by atoms with Gasteiger partial charge in [0.25, 0.3) is 5.91 Å². The number of ketones is 1. The second-order valence-electron chi connectivity index (χ2n) is 6.99. The highest BCUT2D eigenvalue weighted by Crippen LogP contribution is 2.22. The van der Waals surface area contributed by atoms with Gasteiger partial charge in [0.15, 0.2) is 5.78 Å². The molecule has 2 aromatic carbocycles. The van der Waals surface area contributed by atoms with Crippen LogP contribution in [0.25, 0.3) is 0 Å². The molecular weight excluding hydrogens is 300 g/mol. The minimum absolute atomic E-state index is 0.106. The van der Waals surface area contributed by atoms with Crippen LogP contribution in [0.4, 0.5) is 5.69 Å². The van der Waals surface area contributed by atoms with Crippen molar-refractivity contribution in [1.29, 1.82) is 0 Å². The maximum atomic E-state index is 12.3. The summed E-state index contributed by atoms with van der Waals surface area (Å²) in [5.41, 5.74) is 9.33. The highest BCUT2D eigenvalue weighted by molar-refractivity contribution is 6.03. The number of hydrogen-bond acceptors (Lipinski definition) is 3. The Morgan fingerprint density at radius 1 is 1.04 bits per heavy atom. The zero-order valence-electron chi connectivity index (χ0n) is 14.6. The van der Waals surface area contributed by atoms with E-state index in [0.29, 0.717) is 23.4 Å². The fourth-order valence-electron chi connectivity index (χ4n) is 2.41. The van der Waals surface area contributed by atoms with Crippen LogP contribution < -0.4 is 11.1 Å². The predicted molar refractivity (Wildman–Crippen MR) is 97.2 cm³/mol. The van der Waals surface area contributed by atoms with Crippen LogP contribution in [0, 0.1) is 0 Å². The van der Waals surface area contributed by atoms with Crippen LogP contribution in [0.1, 0.15) is 59.5 Å². The van der Waals surface area contributed by atoms with Gasteiger partial charge in [-0.05, 0) is 41.7 Å². The van der Waals surface area contributed by atoms with Gasteiger partial charge in [-0.1, -0.05) is 45.0 Å². The van der Waals surface area contributed by atoms with Crippen LogP contribution >= 0.6 is 0 Å². The van der Waals surface area contributed by atoms with E-state index in [9.17, 15) is 9.59 Å². The monoisotopic (exact) mass is 324 g/mol. The SMILES string of the molecule is CC(=O)c1cc(C(=O)NCc2ccc(C(C)(C)C)cc2)ccc1N. The number of anilines is 1. The van der Waals surface area contributed by atoms with Gasteiger partial charge in [0.1, 0.15) is 0 Å². The van der Waals surface area contributed by atoms with Crippen LogP contribution in [-0.4, -0.2) is 11.7 Å². The molecule has 3 N–H and O–H groups in total. The number of benzene rings is 2. The zero-order chi connectivity index (χ0) is 17.9. The predicted octanol–water partition coefficient (Wildman–Crippen LogP) is 3.70. The number of nitrogen functional groups attached to an aromatic ring is 1. The Balaban J connectivity index is 2.06. The molecular formula is C20H24N2O2. The minimum atomic E-state index is -0.225. The first-order valence-corrected chi connectivity index (χ1v) is 7.96. The third kappa shape index (κ3) is 4.22. The number of Topliss-reactive ketones (excluding diaryl/α,β-unsaturated/α-hetero) is 1. The molecule has 0 unspecified atom stereocenters. The van der Waals surface area contributed by atoms with E-state index in [1.807, 2.05) is 12.1 Å². The average Bonchev–Trinajstić information content (AvgIpc) is 2.52. The maximum Gasteiger partial charge on any atom is 0.251 e. The normalized spacial score (nSPS) is 11.2. The molecule has 0 fully saturated rings. The van der Waals surface area contributed by atoms with Crippen LogP contribution in [-0.2, 0) is 12.0 Å². The number of carbonyl (C=O) groups excluding carboxylic acids is 2. The highest BCUT2D eigenvalue weighted by atomic mass is 16.1. The standard InChI is InChI=1S/C20H24N2O2/c1-13(23)17-11-15(7-10-18(17)21)19(24)22-12-14-5-8-16(9-6-14)20(2,3)4/h5-11H,12,21H2,1-4H3,(H,22,24).